The average molecular weight is 371 g/mol. The van der Waals surface area contributed by atoms with Crippen molar-refractivity contribution in [1.29, 1.82) is 0 Å². The molecule has 112 valence electrons. The van der Waals surface area contributed by atoms with Gasteiger partial charge in [-0.05, 0) is 44.5 Å². The van der Waals surface area contributed by atoms with Crippen LogP contribution in [0.5, 0.6) is 0 Å². The molecule has 0 unspecified atom stereocenters. The fourth-order valence-corrected chi connectivity index (χ4v) is 2.98. The quantitative estimate of drug-likeness (QED) is 0.815. The summed E-state index contributed by atoms with van der Waals surface area (Å²) >= 11 is 9.26. The van der Waals surface area contributed by atoms with Crippen LogP contribution < -0.4 is 5.32 Å². The second-order valence-electron chi connectivity index (χ2n) is 4.92. The molecule has 0 aliphatic heterocycles. The van der Waals surface area contributed by atoms with E-state index in [1.165, 1.54) is 0 Å². The Morgan fingerprint density at radius 3 is 2.71 bits per heavy atom. The van der Waals surface area contributed by atoms with Gasteiger partial charge in [-0.1, -0.05) is 27.5 Å². The third-order valence-electron chi connectivity index (χ3n) is 3.06. The van der Waals surface area contributed by atoms with Gasteiger partial charge in [0.05, 0.1) is 5.69 Å². The van der Waals surface area contributed by atoms with E-state index in [4.69, 9.17) is 11.6 Å². The topological polar surface area (TPSA) is 46.9 Å². The van der Waals surface area contributed by atoms with Crippen LogP contribution in [0.25, 0.3) is 0 Å². The first-order valence-electron chi connectivity index (χ1n) is 6.71. The van der Waals surface area contributed by atoms with E-state index in [0.29, 0.717) is 17.1 Å². The number of amides is 1. The van der Waals surface area contributed by atoms with E-state index in [1.54, 1.807) is 18.2 Å². The van der Waals surface area contributed by atoms with Crippen LogP contribution in [-0.2, 0) is 6.54 Å². The van der Waals surface area contributed by atoms with Gasteiger partial charge < -0.3 is 5.32 Å². The minimum Gasteiger partial charge on any atom is -0.352 e. The predicted octanol–water partition coefficient (Wildman–Crippen LogP) is 3.74. The van der Waals surface area contributed by atoms with E-state index in [-0.39, 0.29) is 5.91 Å². The van der Waals surface area contributed by atoms with Crippen molar-refractivity contribution in [3.63, 3.8) is 0 Å². The molecule has 21 heavy (non-hydrogen) atoms. The maximum atomic E-state index is 12.0. The van der Waals surface area contributed by atoms with E-state index in [9.17, 15) is 4.79 Å². The SMILES string of the molecule is Cc1cc(C)n(CCCNC(=O)c2cc(Cl)cc(Br)c2)n1. The van der Waals surface area contributed by atoms with Crippen LogP contribution in [0.4, 0.5) is 0 Å². The van der Waals surface area contributed by atoms with E-state index in [1.807, 2.05) is 24.6 Å². The lowest BCUT2D eigenvalue weighted by atomic mass is 10.2. The first kappa shape index (κ1) is 16.0. The first-order chi connectivity index (χ1) is 9.95. The Labute approximate surface area is 137 Å². The number of aromatic nitrogens is 2. The molecule has 1 aromatic carbocycles. The smallest absolute Gasteiger partial charge is 0.251 e. The third kappa shape index (κ3) is 4.58. The Balaban J connectivity index is 1.83. The zero-order valence-electron chi connectivity index (χ0n) is 12.0. The number of carbonyl (C=O) groups excluding carboxylic acids is 1. The fraction of sp³-hybridized carbons (Fsp3) is 0.333. The maximum absolute atomic E-state index is 12.0. The van der Waals surface area contributed by atoms with Crippen molar-refractivity contribution in [1.82, 2.24) is 15.1 Å². The number of hydrogen-bond acceptors (Lipinski definition) is 2. The highest BCUT2D eigenvalue weighted by Gasteiger charge is 2.07. The largest absolute Gasteiger partial charge is 0.352 e. The van der Waals surface area contributed by atoms with Crippen molar-refractivity contribution in [2.24, 2.45) is 0 Å². The number of benzene rings is 1. The van der Waals surface area contributed by atoms with Crippen molar-refractivity contribution in [2.75, 3.05) is 6.54 Å². The van der Waals surface area contributed by atoms with Gasteiger partial charge in [-0.25, -0.2) is 0 Å². The van der Waals surface area contributed by atoms with Crippen LogP contribution in [-0.4, -0.2) is 22.2 Å². The molecular formula is C15H17BrClN3O. The highest BCUT2D eigenvalue weighted by atomic mass is 79.9. The highest BCUT2D eigenvalue weighted by Crippen LogP contribution is 2.19. The number of aryl methyl sites for hydroxylation is 3. The second-order valence-corrected chi connectivity index (χ2v) is 6.27. The van der Waals surface area contributed by atoms with Gasteiger partial charge in [0.15, 0.2) is 0 Å². The molecule has 0 aliphatic rings. The van der Waals surface area contributed by atoms with E-state index < -0.39 is 0 Å². The third-order valence-corrected chi connectivity index (χ3v) is 3.74. The molecule has 0 saturated heterocycles. The molecule has 0 fully saturated rings. The molecule has 1 aromatic heterocycles. The minimum absolute atomic E-state index is 0.119. The van der Waals surface area contributed by atoms with Crippen molar-refractivity contribution in [3.8, 4) is 0 Å². The molecule has 2 aromatic rings. The Hall–Kier alpha value is -1.33. The van der Waals surface area contributed by atoms with Crippen molar-refractivity contribution in [3.05, 3.63) is 50.7 Å². The lowest BCUT2D eigenvalue weighted by Crippen LogP contribution is -2.25. The Morgan fingerprint density at radius 1 is 1.33 bits per heavy atom. The molecule has 6 heteroatoms. The van der Waals surface area contributed by atoms with Crippen LogP contribution in [0.15, 0.2) is 28.7 Å². The number of carbonyl (C=O) groups is 1. The summed E-state index contributed by atoms with van der Waals surface area (Å²) in [6.45, 7) is 5.39. The van der Waals surface area contributed by atoms with Gasteiger partial charge in [0.1, 0.15) is 0 Å². The van der Waals surface area contributed by atoms with Gasteiger partial charge in [0.2, 0.25) is 0 Å². The van der Waals surface area contributed by atoms with Gasteiger partial charge in [0.25, 0.3) is 5.91 Å². The van der Waals surface area contributed by atoms with E-state index in [2.05, 4.69) is 26.3 Å². The maximum Gasteiger partial charge on any atom is 0.251 e. The van der Waals surface area contributed by atoms with Gasteiger partial charge in [-0.2, -0.15) is 5.10 Å². The zero-order valence-corrected chi connectivity index (χ0v) is 14.3. The summed E-state index contributed by atoms with van der Waals surface area (Å²) in [6.07, 6.45) is 0.829. The van der Waals surface area contributed by atoms with Crippen LogP contribution in [0.2, 0.25) is 5.02 Å². The molecule has 1 heterocycles. The summed E-state index contributed by atoms with van der Waals surface area (Å²) < 4.78 is 2.75. The standard InChI is InChI=1S/C15H17BrClN3O/c1-10-6-11(2)20(19-10)5-3-4-18-15(21)12-7-13(16)9-14(17)8-12/h6-9H,3-5H2,1-2H3,(H,18,21). The summed E-state index contributed by atoms with van der Waals surface area (Å²) in [4.78, 5) is 12.0. The molecule has 2 rings (SSSR count). The summed E-state index contributed by atoms with van der Waals surface area (Å²) in [6, 6.07) is 7.20. The number of rotatable bonds is 5. The molecular weight excluding hydrogens is 354 g/mol. The van der Waals surface area contributed by atoms with Gasteiger partial charge in [-0.15, -0.1) is 0 Å². The summed E-state index contributed by atoms with van der Waals surface area (Å²) in [5.74, 6) is -0.119. The summed E-state index contributed by atoms with van der Waals surface area (Å²) in [5, 5.41) is 7.82. The van der Waals surface area contributed by atoms with Gasteiger partial charge >= 0.3 is 0 Å². The van der Waals surface area contributed by atoms with Gasteiger partial charge in [0, 0.05) is 33.8 Å². The second kappa shape index (κ2) is 7.09. The van der Waals surface area contributed by atoms with Crippen molar-refractivity contribution in [2.45, 2.75) is 26.8 Å². The molecule has 0 aliphatic carbocycles. The van der Waals surface area contributed by atoms with Crippen LogP contribution >= 0.6 is 27.5 Å². The molecule has 4 nitrogen and oxygen atoms in total. The number of nitrogens with zero attached hydrogens (tertiary/aromatic N) is 2. The minimum atomic E-state index is -0.119. The monoisotopic (exact) mass is 369 g/mol. The lowest BCUT2D eigenvalue weighted by Gasteiger charge is -2.07. The van der Waals surface area contributed by atoms with Crippen LogP contribution in [0, 0.1) is 13.8 Å². The Bertz CT molecular complexity index is 634. The Morgan fingerprint density at radius 2 is 2.10 bits per heavy atom. The Kier molecular flexibility index (Phi) is 5.42. The number of nitrogens with one attached hydrogen (secondary N) is 1. The molecule has 1 amide bonds. The lowest BCUT2D eigenvalue weighted by molar-refractivity contribution is 0.0952. The fourth-order valence-electron chi connectivity index (χ4n) is 2.12. The van der Waals surface area contributed by atoms with Crippen molar-refractivity contribution < 1.29 is 4.79 Å². The average Bonchev–Trinajstić information content (AvgIpc) is 2.71. The van der Waals surface area contributed by atoms with Gasteiger partial charge in [-0.3, -0.25) is 9.48 Å². The van der Waals surface area contributed by atoms with E-state index >= 15 is 0 Å². The predicted molar refractivity (Wildman–Crippen MR) is 87.8 cm³/mol. The normalized spacial score (nSPS) is 10.7. The molecule has 1 N–H and O–H groups in total. The van der Waals surface area contributed by atoms with E-state index in [0.717, 1.165) is 28.8 Å². The highest BCUT2D eigenvalue weighted by molar-refractivity contribution is 9.10. The molecule has 0 saturated carbocycles. The number of hydrogen-bond donors (Lipinski definition) is 1. The summed E-state index contributed by atoms with van der Waals surface area (Å²) in [5.41, 5.74) is 2.71. The van der Waals surface area contributed by atoms with Crippen molar-refractivity contribution >= 4 is 33.4 Å². The van der Waals surface area contributed by atoms with Crippen LogP contribution in [0.1, 0.15) is 28.2 Å². The summed E-state index contributed by atoms with van der Waals surface area (Å²) in [7, 11) is 0. The molecule has 0 bridgehead atoms. The zero-order chi connectivity index (χ0) is 15.4. The molecule has 0 atom stereocenters. The van der Waals surface area contributed by atoms with Crippen LogP contribution in [0.3, 0.4) is 0 Å². The first-order valence-corrected chi connectivity index (χ1v) is 7.88. The number of halogens is 2. The molecule has 0 spiro atoms. The molecule has 0 radical (unpaired) electrons.